The summed E-state index contributed by atoms with van der Waals surface area (Å²) in [6, 6.07) is 12.0. The van der Waals surface area contributed by atoms with Crippen LogP contribution in [0, 0.1) is 6.92 Å². The van der Waals surface area contributed by atoms with Gasteiger partial charge in [0.05, 0.1) is 12.1 Å². The van der Waals surface area contributed by atoms with Gasteiger partial charge in [0.25, 0.3) is 5.91 Å². The van der Waals surface area contributed by atoms with Crippen molar-refractivity contribution in [1.29, 1.82) is 0 Å². The zero-order valence-electron chi connectivity index (χ0n) is 14.7. The summed E-state index contributed by atoms with van der Waals surface area (Å²) < 4.78 is 10.6. The fourth-order valence-electron chi connectivity index (χ4n) is 2.13. The third-order valence-corrected chi connectivity index (χ3v) is 4.06. The summed E-state index contributed by atoms with van der Waals surface area (Å²) in [5, 5.41) is 0.626. The first kappa shape index (κ1) is 19.6. The van der Waals surface area contributed by atoms with Crippen LogP contribution in [0.1, 0.15) is 15.9 Å². The molecule has 26 heavy (non-hydrogen) atoms. The fourth-order valence-corrected chi connectivity index (χ4v) is 2.26. The van der Waals surface area contributed by atoms with Crippen LogP contribution < -0.4 is 10.5 Å². The van der Waals surface area contributed by atoms with Gasteiger partial charge in [-0.3, -0.25) is 4.79 Å². The molecule has 0 spiro atoms. The SMILES string of the molecule is Cc1cccc(C(=O)OCC(=O)N(C)CCOc2ccc(Cl)cc2)c1N. The molecule has 0 bridgehead atoms. The monoisotopic (exact) mass is 376 g/mol. The largest absolute Gasteiger partial charge is 0.492 e. The van der Waals surface area contributed by atoms with Crippen LogP contribution in [0.3, 0.4) is 0 Å². The number of nitrogens with zero attached hydrogens (tertiary/aromatic N) is 1. The van der Waals surface area contributed by atoms with Gasteiger partial charge in [0.2, 0.25) is 0 Å². The molecule has 0 radical (unpaired) electrons. The number of hydrogen-bond donors (Lipinski definition) is 1. The van der Waals surface area contributed by atoms with Gasteiger partial charge in [0, 0.05) is 17.8 Å². The van der Waals surface area contributed by atoms with Crippen molar-refractivity contribution in [2.24, 2.45) is 0 Å². The molecule has 0 aliphatic carbocycles. The Morgan fingerprint density at radius 3 is 2.54 bits per heavy atom. The van der Waals surface area contributed by atoms with Crippen molar-refractivity contribution in [3.8, 4) is 5.75 Å². The van der Waals surface area contributed by atoms with E-state index in [4.69, 9.17) is 26.8 Å². The molecule has 0 heterocycles. The lowest BCUT2D eigenvalue weighted by Gasteiger charge is -2.17. The zero-order valence-corrected chi connectivity index (χ0v) is 15.5. The molecular weight excluding hydrogens is 356 g/mol. The smallest absolute Gasteiger partial charge is 0.340 e. The summed E-state index contributed by atoms with van der Waals surface area (Å²) in [6.07, 6.45) is 0. The molecule has 0 atom stereocenters. The Morgan fingerprint density at radius 1 is 1.15 bits per heavy atom. The number of rotatable bonds is 7. The van der Waals surface area contributed by atoms with Gasteiger partial charge >= 0.3 is 5.97 Å². The number of carbonyl (C=O) groups is 2. The first-order chi connectivity index (χ1) is 12.4. The number of ether oxygens (including phenoxy) is 2. The number of halogens is 1. The maximum Gasteiger partial charge on any atom is 0.340 e. The summed E-state index contributed by atoms with van der Waals surface area (Å²) in [5.41, 5.74) is 7.25. The average molecular weight is 377 g/mol. The number of para-hydroxylation sites is 1. The number of amides is 1. The molecule has 0 unspecified atom stereocenters. The Kier molecular flexibility index (Phi) is 6.86. The number of nitrogens with two attached hydrogens (primary N) is 1. The van der Waals surface area contributed by atoms with Crippen LogP contribution >= 0.6 is 11.6 Å². The standard InChI is InChI=1S/C19H21ClN2O4/c1-13-4-3-5-16(18(13)21)19(24)26-12-17(23)22(2)10-11-25-15-8-6-14(20)7-9-15/h3-9H,10-12,21H2,1-2H3. The summed E-state index contributed by atoms with van der Waals surface area (Å²) in [5.74, 6) is -0.286. The molecule has 0 saturated carbocycles. The summed E-state index contributed by atoms with van der Waals surface area (Å²) in [7, 11) is 1.61. The minimum absolute atomic E-state index is 0.256. The van der Waals surface area contributed by atoms with E-state index in [9.17, 15) is 9.59 Å². The maximum absolute atomic E-state index is 12.1. The van der Waals surface area contributed by atoms with Crippen LogP contribution in [0.2, 0.25) is 5.02 Å². The van der Waals surface area contributed by atoms with E-state index in [2.05, 4.69) is 0 Å². The Labute approximate surface area is 157 Å². The minimum Gasteiger partial charge on any atom is -0.492 e. The number of carbonyl (C=O) groups excluding carboxylic acids is 2. The van der Waals surface area contributed by atoms with E-state index in [-0.39, 0.29) is 18.1 Å². The molecule has 2 aromatic carbocycles. The van der Waals surface area contributed by atoms with Gasteiger partial charge < -0.3 is 20.1 Å². The third kappa shape index (κ3) is 5.39. The number of nitrogen functional groups attached to an aromatic ring is 1. The topological polar surface area (TPSA) is 81.9 Å². The quantitative estimate of drug-likeness (QED) is 0.593. The lowest BCUT2D eigenvalue weighted by Crippen LogP contribution is -2.34. The number of aryl methyl sites for hydroxylation is 1. The van der Waals surface area contributed by atoms with E-state index in [1.54, 1.807) is 56.4 Å². The summed E-state index contributed by atoms with van der Waals surface area (Å²) >= 11 is 5.80. The van der Waals surface area contributed by atoms with Gasteiger partial charge in [-0.15, -0.1) is 0 Å². The molecule has 2 rings (SSSR count). The lowest BCUT2D eigenvalue weighted by atomic mass is 10.1. The van der Waals surface area contributed by atoms with Crippen molar-refractivity contribution in [1.82, 2.24) is 4.90 Å². The molecule has 1 amide bonds. The van der Waals surface area contributed by atoms with Crippen molar-refractivity contribution < 1.29 is 19.1 Å². The minimum atomic E-state index is -0.620. The normalized spacial score (nSPS) is 10.3. The number of esters is 1. The predicted octanol–water partition coefficient (Wildman–Crippen LogP) is 2.92. The average Bonchev–Trinajstić information content (AvgIpc) is 2.63. The van der Waals surface area contributed by atoms with Crippen LogP contribution in [0.4, 0.5) is 5.69 Å². The first-order valence-corrected chi connectivity index (χ1v) is 8.41. The van der Waals surface area contributed by atoms with Crippen molar-refractivity contribution in [3.63, 3.8) is 0 Å². The second kappa shape index (κ2) is 9.10. The van der Waals surface area contributed by atoms with Crippen LogP contribution in [0.5, 0.6) is 5.75 Å². The van der Waals surface area contributed by atoms with Gasteiger partial charge in [-0.05, 0) is 42.8 Å². The van der Waals surface area contributed by atoms with E-state index in [1.807, 2.05) is 0 Å². The highest BCUT2D eigenvalue weighted by Crippen LogP contribution is 2.17. The summed E-state index contributed by atoms with van der Waals surface area (Å²) in [4.78, 5) is 25.6. The van der Waals surface area contributed by atoms with E-state index >= 15 is 0 Å². The first-order valence-electron chi connectivity index (χ1n) is 8.03. The van der Waals surface area contributed by atoms with Gasteiger partial charge in [0.15, 0.2) is 6.61 Å². The molecule has 2 aromatic rings. The number of benzene rings is 2. The fraction of sp³-hybridized carbons (Fsp3) is 0.263. The van der Waals surface area contributed by atoms with E-state index < -0.39 is 5.97 Å². The van der Waals surface area contributed by atoms with Gasteiger partial charge in [-0.1, -0.05) is 23.7 Å². The molecule has 0 aromatic heterocycles. The molecule has 6 nitrogen and oxygen atoms in total. The third-order valence-electron chi connectivity index (χ3n) is 3.81. The van der Waals surface area contributed by atoms with Gasteiger partial charge in [0.1, 0.15) is 12.4 Å². The zero-order chi connectivity index (χ0) is 19.1. The van der Waals surface area contributed by atoms with Crippen molar-refractivity contribution >= 4 is 29.2 Å². The molecule has 0 fully saturated rings. The molecule has 2 N–H and O–H groups in total. The van der Waals surface area contributed by atoms with Crippen molar-refractivity contribution in [2.45, 2.75) is 6.92 Å². The van der Waals surface area contributed by atoms with Gasteiger partial charge in [-0.2, -0.15) is 0 Å². The number of likely N-dealkylation sites (N-methyl/N-ethyl adjacent to an activating group) is 1. The Morgan fingerprint density at radius 2 is 1.85 bits per heavy atom. The molecule has 0 aliphatic heterocycles. The highest BCUT2D eigenvalue weighted by Gasteiger charge is 2.16. The summed E-state index contributed by atoms with van der Waals surface area (Å²) in [6.45, 7) is 2.10. The molecule has 7 heteroatoms. The van der Waals surface area contributed by atoms with Crippen molar-refractivity contribution in [3.05, 3.63) is 58.6 Å². The predicted molar refractivity (Wildman–Crippen MR) is 100 cm³/mol. The second-order valence-corrected chi connectivity index (χ2v) is 6.17. The van der Waals surface area contributed by atoms with Crippen LogP contribution in [0.25, 0.3) is 0 Å². The molecule has 0 saturated heterocycles. The maximum atomic E-state index is 12.1. The number of anilines is 1. The van der Waals surface area contributed by atoms with Crippen LogP contribution in [0.15, 0.2) is 42.5 Å². The highest BCUT2D eigenvalue weighted by atomic mass is 35.5. The van der Waals surface area contributed by atoms with E-state index in [0.717, 1.165) is 5.56 Å². The number of hydrogen-bond acceptors (Lipinski definition) is 5. The molecular formula is C19H21ClN2O4. The van der Waals surface area contributed by atoms with E-state index in [0.29, 0.717) is 29.6 Å². The van der Waals surface area contributed by atoms with E-state index in [1.165, 1.54) is 4.90 Å². The highest BCUT2D eigenvalue weighted by molar-refractivity contribution is 6.30. The van der Waals surface area contributed by atoms with Gasteiger partial charge in [-0.25, -0.2) is 4.79 Å². The van der Waals surface area contributed by atoms with Crippen LogP contribution in [-0.4, -0.2) is 43.6 Å². The van der Waals surface area contributed by atoms with Crippen molar-refractivity contribution in [2.75, 3.05) is 32.5 Å². The molecule has 0 aliphatic rings. The lowest BCUT2D eigenvalue weighted by molar-refractivity contribution is -0.133. The Hall–Kier alpha value is -2.73. The second-order valence-electron chi connectivity index (χ2n) is 5.73. The van der Waals surface area contributed by atoms with Crippen LogP contribution in [-0.2, 0) is 9.53 Å². The molecule has 138 valence electrons. The Bertz CT molecular complexity index is 778. The Balaban J connectivity index is 1.77.